The number of hydrogen-bond acceptors (Lipinski definition) is 10. The van der Waals surface area contributed by atoms with Crippen LogP contribution in [0.2, 0.25) is 0 Å². The quantitative estimate of drug-likeness (QED) is 0.0399. The number of aromatic hydroxyl groups is 1. The minimum atomic E-state index is -1.20. The molecule has 0 heterocycles. The molecule has 6 aromatic rings. The topological polar surface area (TPSA) is 150 Å². The van der Waals surface area contributed by atoms with E-state index in [9.17, 15) is 19.8 Å². The summed E-state index contributed by atoms with van der Waals surface area (Å²) in [5, 5.41) is 27.9. The molecule has 3 N–H and O–H groups in total. The van der Waals surface area contributed by atoms with E-state index in [2.05, 4.69) is 18.7 Å². The number of aromatic carboxylic acids is 1. The van der Waals surface area contributed by atoms with Crippen LogP contribution in [0.1, 0.15) is 62.4 Å². The van der Waals surface area contributed by atoms with Crippen LogP contribution in [0.25, 0.3) is 0 Å². The zero-order chi connectivity index (χ0) is 39.0. The fraction of sp³-hybridized carbons (Fsp3) is 0.136. The Balaban J connectivity index is 1.00. The van der Waals surface area contributed by atoms with E-state index in [-0.39, 0.29) is 41.3 Å². The van der Waals surface area contributed by atoms with Crippen LogP contribution in [-0.2, 0) is 28.4 Å². The predicted molar refractivity (Wildman–Crippen MR) is 202 cm³/mol. The third kappa shape index (κ3) is 9.67. The van der Waals surface area contributed by atoms with Crippen LogP contribution in [0.4, 0.5) is 0 Å². The molecule has 0 aliphatic carbocycles. The molecule has 0 fully saturated rings. The summed E-state index contributed by atoms with van der Waals surface area (Å²) >= 11 is 0. The van der Waals surface area contributed by atoms with Crippen molar-refractivity contribution < 1.29 is 53.9 Å². The van der Waals surface area contributed by atoms with Gasteiger partial charge in [-0.1, -0.05) is 55.8 Å². The van der Waals surface area contributed by atoms with E-state index in [1.54, 1.807) is 67.6 Å². The van der Waals surface area contributed by atoms with Crippen molar-refractivity contribution in [3.05, 3.63) is 172 Å². The van der Waals surface area contributed by atoms with Gasteiger partial charge in [0, 0.05) is 5.41 Å². The Morgan fingerprint density at radius 2 is 1.09 bits per heavy atom. The summed E-state index contributed by atoms with van der Waals surface area (Å²) < 4.78 is 17.5. The van der Waals surface area contributed by atoms with Crippen LogP contribution in [0, 0.1) is 6.92 Å². The van der Waals surface area contributed by atoms with Crippen molar-refractivity contribution in [3.8, 4) is 40.2 Å². The number of carboxylic acid groups (broad SMARTS) is 1. The molecular weight excluding hydrogens is 704 g/mol. The second kappa shape index (κ2) is 17.0. The number of phenolic OH excluding ortho intramolecular Hbond substituents is 1. The lowest BCUT2D eigenvalue weighted by atomic mass is 9.78. The standard InChI is InChI=1S/C44H38O11/c1-28-4-23-40(42(46)47)41(24-28)43(48)54-38-17-15-36(16-18-38)52-34-11-6-31(7-12-34)44(2,3)32-8-13-35(14-9-32)53-37-19-21-39(22-20-37)55-51-27-29-5-10-33(45)25-30(29)26-50-49/h4-25,45,49H,26-27H2,1-3H3,(H,46,47). The molecule has 0 bridgehead atoms. The third-order valence-corrected chi connectivity index (χ3v) is 8.89. The highest BCUT2D eigenvalue weighted by Gasteiger charge is 2.23. The smallest absolute Gasteiger partial charge is 0.344 e. The molecule has 0 radical (unpaired) electrons. The molecule has 0 spiro atoms. The van der Waals surface area contributed by atoms with E-state index < -0.39 is 11.9 Å². The molecule has 0 aliphatic heterocycles. The summed E-state index contributed by atoms with van der Waals surface area (Å²) in [6, 6.07) is 38.3. The summed E-state index contributed by atoms with van der Waals surface area (Å²) in [7, 11) is 0. The SMILES string of the molecule is Cc1ccc(C(=O)O)c(C(=O)Oc2ccc(Oc3ccc(C(C)(C)c4ccc(Oc5ccc(OOCc6ccc(O)cc6COO)cc5)cc4)cc3)cc2)c1. The average molecular weight is 743 g/mol. The number of carbonyl (C=O) groups excluding carboxylic acids is 1. The van der Waals surface area contributed by atoms with E-state index in [1.165, 1.54) is 24.3 Å². The maximum atomic E-state index is 12.7. The Hall–Kier alpha value is -6.66. The maximum absolute atomic E-state index is 12.7. The fourth-order valence-corrected chi connectivity index (χ4v) is 5.75. The third-order valence-electron chi connectivity index (χ3n) is 8.89. The summed E-state index contributed by atoms with van der Waals surface area (Å²) in [4.78, 5) is 39.2. The molecule has 11 heteroatoms. The van der Waals surface area contributed by atoms with Crippen LogP contribution < -0.4 is 19.1 Å². The van der Waals surface area contributed by atoms with Gasteiger partial charge in [-0.15, -0.1) is 0 Å². The zero-order valence-corrected chi connectivity index (χ0v) is 30.2. The second-order valence-electron chi connectivity index (χ2n) is 13.1. The first-order chi connectivity index (χ1) is 26.5. The normalized spacial score (nSPS) is 11.1. The van der Waals surface area contributed by atoms with Crippen molar-refractivity contribution in [1.82, 2.24) is 0 Å². The molecule has 0 aromatic heterocycles. The van der Waals surface area contributed by atoms with Gasteiger partial charge in [-0.2, -0.15) is 4.89 Å². The van der Waals surface area contributed by atoms with Crippen LogP contribution in [0.5, 0.6) is 40.2 Å². The van der Waals surface area contributed by atoms with Gasteiger partial charge in [0.2, 0.25) is 0 Å². The Bertz CT molecular complexity index is 2250. The molecule has 0 saturated heterocycles. The van der Waals surface area contributed by atoms with E-state index in [1.807, 2.05) is 48.5 Å². The molecule has 6 aromatic carbocycles. The zero-order valence-electron chi connectivity index (χ0n) is 30.2. The van der Waals surface area contributed by atoms with Gasteiger partial charge in [0.05, 0.1) is 11.1 Å². The Kier molecular flexibility index (Phi) is 11.8. The number of carboxylic acids is 1. The van der Waals surface area contributed by atoms with Crippen LogP contribution in [0.15, 0.2) is 133 Å². The summed E-state index contributed by atoms with van der Waals surface area (Å²) in [5.74, 6) is 1.26. The maximum Gasteiger partial charge on any atom is 0.344 e. The monoisotopic (exact) mass is 742 g/mol. The van der Waals surface area contributed by atoms with Crippen molar-refractivity contribution in [2.75, 3.05) is 0 Å². The minimum absolute atomic E-state index is 0.0165. The van der Waals surface area contributed by atoms with Gasteiger partial charge in [-0.25, -0.2) is 14.5 Å². The molecular formula is C44H38O11. The lowest BCUT2D eigenvalue weighted by molar-refractivity contribution is -0.253. The van der Waals surface area contributed by atoms with Gasteiger partial charge in [-0.05, 0) is 126 Å². The van der Waals surface area contributed by atoms with Gasteiger partial charge in [0.1, 0.15) is 47.7 Å². The van der Waals surface area contributed by atoms with Crippen molar-refractivity contribution >= 4 is 11.9 Å². The molecule has 280 valence electrons. The summed E-state index contributed by atoms with van der Waals surface area (Å²) in [6.07, 6.45) is 0. The average Bonchev–Trinajstić information content (AvgIpc) is 3.17. The lowest BCUT2D eigenvalue weighted by Crippen LogP contribution is -2.18. The molecule has 0 unspecified atom stereocenters. The molecule has 0 atom stereocenters. The first-order valence-corrected chi connectivity index (χ1v) is 17.2. The van der Waals surface area contributed by atoms with Gasteiger partial charge < -0.3 is 29.3 Å². The number of hydrogen-bond donors (Lipinski definition) is 3. The summed E-state index contributed by atoms with van der Waals surface area (Å²) in [6.45, 7) is 6.02. The Morgan fingerprint density at radius 1 is 0.582 bits per heavy atom. The Labute approximate surface area is 317 Å². The van der Waals surface area contributed by atoms with Crippen LogP contribution in [-0.4, -0.2) is 27.4 Å². The highest BCUT2D eigenvalue weighted by molar-refractivity contribution is 6.03. The van der Waals surface area contributed by atoms with Crippen molar-refractivity contribution in [2.24, 2.45) is 0 Å². The number of ether oxygens (including phenoxy) is 3. The second-order valence-corrected chi connectivity index (χ2v) is 13.1. The highest BCUT2D eigenvalue weighted by Crippen LogP contribution is 2.35. The molecule has 55 heavy (non-hydrogen) atoms. The summed E-state index contributed by atoms with van der Waals surface area (Å²) in [5.41, 5.74) is 3.69. The van der Waals surface area contributed by atoms with Gasteiger partial charge in [-0.3, -0.25) is 5.26 Å². The largest absolute Gasteiger partial charge is 0.508 e. The Morgan fingerprint density at radius 3 is 1.62 bits per heavy atom. The number of rotatable bonds is 15. The lowest BCUT2D eigenvalue weighted by Gasteiger charge is -2.26. The van der Waals surface area contributed by atoms with E-state index in [0.29, 0.717) is 39.9 Å². The van der Waals surface area contributed by atoms with Gasteiger partial charge in [0.15, 0.2) is 5.75 Å². The van der Waals surface area contributed by atoms with E-state index in [0.717, 1.165) is 16.7 Å². The van der Waals surface area contributed by atoms with Crippen LogP contribution in [0.3, 0.4) is 0 Å². The van der Waals surface area contributed by atoms with Crippen LogP contribution >= 0.6 is 0 Å². The number of phenols is 1. The molecule has 0 saturated carbocycles. The molecule has 0 amide bonds. The van der Waals surface area contributed by atoms with Crippen molar-refractivity contribution in [2.45, 2.75) is 39.4 Å². The molecule has 11 nitrogen and oxygen atoms in total. The van der Waals surface area contributed by atoms with Gasteiger partial charge in [0.25, 0.3) is 0 Å². The molecule has 0 aliphatic rings. The number of carbonyl (C=O) groups is 2. The number of aryl methyl sites for hydroxylation is 1. The van der Waals surface area contributed by atoms with E-state index >= 15 is 0 Å². The number of esters is 1. The number of benzene rings is 6. The minimum Gasteiger partial charge on any atom is -0.508 e. The van der Waals surface area contributed by atoms with Crippen molar-refractivity contribution in [3.63, 3.8) is 0 Å². The van der Waals surface area contributed by atoms with E-state index in [4.69, 9.17) is 29.2 Å². The first-order valence-electron chi connectivity index (χ1n) is 17.2. The van der Waals surface area contributed by atoms with Crippen molar-refractivity contribution in [1.29, 1.82) is 0 Å². The first kappa shape index (κ1) is 38.1. The molecule has 6 rings (SSSR count). The highest BCUT2D eigenvalue weighted by atomic mass is 17.2. The fourth-order valence-electron chi connectivity index (χ4n) is 5.75. The van der Waals surface area contributed by atoms with Gasteiger partial charge >= 0.3 is 11.9 Å². The predicted octanol–water partition coefficient (Wildman–Crippen LogP) is 10.0.